The number of amides is 2. The van der Waals surface area contributed by atoms with Crippen LogP contribution in [-0.4, -0.2) is 71.0 Å². The van der Waals surface area contributed by atoms with E-state index in [4.69, 9.17) is 4.74 Å². The zero-order chi connectivity index (χ0) is 33.4. The number of alkyl halides is 3. The number of para-hydroxylation sites is 1. The Morgan fingerprint density at radius 3 is 2.33 bits per heavy atom. The molecule has 2 atom stereocenters. The second-order valence-corrected chi connectivity index (χ2v) is 13.7. The monoisotopic (exact) mass is 658 g/mol. The van der Waals surface area contributed by atoms with Gasteiger partial charge < -0.3 is 20.3 Å². The predicted octanol–water partition coefficient (Wildman–Crippen LogP) is 5.14. The Labute approximate surface area is 263 Å². The zero-order valence-electron chi connectivity index (χ0n) is 25.5. The van der Waals surface area contributed by atoms with E-state index in [1.807, 2.05) is 0 Å². The van der Waals surface area contributed by atoms with Gasteiger partial charge in [-0.2, -0.15) is 13.2 Å². The van der Waals surface area contributed by atoms with E-state index in [1.165, 1.54) is 36.2 Å². The Morgan fingerprint density at radius 2 is 1.67 bits per heavy atom. The van der Waals surface area contributed by atoms with Crippen molar-refractivity contribution in [1.82, 2.24) is 24.2 Å². The summed E-state index contributed by atoms with van der Waals surface area (Å²) in [5, 5.41) is 5.79. The maximum atomic E-state index is 14.4. The number of carbonyl (C=O) groups excluding carboxylic acids is 2. The van der Waals surface area contributed by atoms with Gasteiger partial charge in [0.15, 0.2) is 0 Å². The summed E-state index contributed by atoms with van der Waals surface area (Å²) >= 11 is 0. The molecule has 244 valence electrons. The fourth-order valence-corrected chi connectivity index (χ4v) is 6.75. The van der Waals surface area contributed by atoms with Crippen LogP contribution in [0.1, 0.15) is 32.8 Å². The molecule has 1 aliphatic rings. The van der Waals surface area contributed by atoms with Gasteiger partial charge in [0.05, 0.1) is 22.0 Å². The normalized spacial score (nSPS) is 17.5. The molecule has 0 saturated carbocycles. The fourth-order valence-electron chi connectivity index (χ4n) is 5.36. The van der Waals surface area contributed by atoms with Crippen LogP contribution < -0.4 is 10.6 Å². The third-order valence-corrected chi connectivity index (χ3v) is 9.07. The number of carbonyl (C=O) groups is 2. The van der Waals surface area contributed by atoms with E-state index in [2.05, 4.69) is 20.6 Å². The molecule has 0 spiro atoms. The zero-order valence-corrected chi connectivity index (χ0v) is 26.3. The van der Waals surface area contributed by atoms with Gasteiger partial charge in [0.2, 0.25) is 11.9 Å². The Bertz CT molecular complexity index is 1870. The highest BCUT2D eigenvalue weighted by molar-refractivity contribution is 7.90. The van der Waals surface area contributed by atoms with E-state index >= 15 is 0 Å². The topological polar surface area (TPSA) is 136 Å². The van der Waals surface area contributed by atoms with Crippen molar-refractivity contribution in [3.8, 4) is 11.3 Å². The molecule has 2 amide bonds. The summed E-state index contributed by atoms with van der Waals surface area (Å²) in [6, 6.07) is 13.1. The molecule has 1 fully saturated rings. The molecule has 11 nitrogen and oxygen atoms in total. The van der Waals surface area contributed by atoms with Gasteiger partial charge in [0, 0.05) is 49.5 Å². The second kappa shape index (κ2) is 12.3. The number of piperidine rings is 1. The molecule has 3 heterocycles. The minimum Gasteiger partial charge on any atom is -0.444 e. The molecule has 0 bridgehead atoms. The highest BCUT2D eigenvalue weighted by atomic mass is 32.2. The summed E-state index contributed by atoms with van der Waals surface area (Å²) in [6.45, 7) is 5.28. The minimum absolute atomic E-state index is 0.0408. The van der Waals surface area contributed by atoms with Crippen LogP contribution >= 0.6 is 0 Å². The quantitative estimate of drug-likeness (QED) is 0.291. The van der Waals surface area contributed by atoms with Gasteiger partial charge in [0.1, 0.15) is 11.2 Å². The van der Waals surface area contributed by atoms with Gasteiger partial charge in [-0.3, -0.25) is 4.79 Å². The van der Waals surface area contributed by atoms with Crippen LogP contribution in [0.4, 0.5) is 23.9 Å². The molecule has 4 aromatic rings. The third kappa shape index (κ3) is 6.78. The number of likely N-dealkylation sites (tertiary alicyclic amines) is 1. The highest BCUT2D eigenvalue weighted by Crippen LogP contribution is 2.40. The van der Waals surface area contributed by atoms with Crippen LogP contribution in [0.2, 0.25) is 0 Å². The minimum atomic E-state index is -4.88. The number of rotatable bonds is 6. The molecule has 46 heavy (non-hydrogen) atoms. The number of hydrogen-bond donors (Lipinski definition) is 2. The van der Waals surface area contributed by atoms with Crippen molar-refractivity contribution >= 4 is 38.9 Å². The Hall–Kier alpha value is -4.66. The van der Waals surface area contributed by atoms with E-state index in [0.717, 1.165) is 10.2 Å². The SMILES string of the molecule is CNC(=O)[C@H]1C[C@@H](Nc2ncc(C(F)(F)F)c(-c3cn(S(=O)(=O)c4ccccc4)c4ccccc34)n2)CN(C(=O)OC(C)(C)C)C1. The van der Waals surface area contributed by atoms with Crippen molar-refractivity contribution in [2.75, 3.05) is 25.5 Å². The summed E-state index contributed by atoms with van der Waals surface area (Å²) < 4.78 is 76.7. The number of nitrogens with zero attached hydrogens (tertiary/aromatic N) is 4. The molecule has 0 radical (unpaired) electrons. The summed E-state index contributed by atoms with van der Waals surface area (Å²) in [5.74, 6) is -1.15. The Morgan fingerprint density at radius 1 is 1.00 bits per heavy atom. The van der Waals surface area contributed by atoms with Crippen LogP contribution in [0.3, 0.4) is 0 Å². The number of halogens is 3. The van der Waals surface area contributed by atoms with Crippen molar-refractivity contribution in [3.05, 3.63) is 72.6 Å². The van der Waals surface area contributed by atoms with Crippen LogP contribution in [0.15, 0.2) is 71.9 Å². The average Bonchev–Trinajstić information content (AvgIpc) is 3.40. The van der Waals surface area contributed by atoms with Crippen molar-refractivity contribution in [1.29, 1.82) is 0 Å². The molecular formula is C31H33F3N6O5S. The van der Waals surface area contributed by atoms with E-state index in [0.29, 0.717) is 6.20 Å². The molecule has 15 heteroatoms. The van der Waals surface area contributed by atoms with E-state index < -0.39 is 51.1 Å². The molecule has 2 aromatic heterocycles. The standard InChI is InChI=1S/C31H33F3N6O5S/c1-30(2,3)45-29(42)39-16-19(27(41)35-4)14-20(17-39)37-28-36-15-24(31(32,33)34)26(38-28)23-18-40(25-13-9-8-12-22(23)25)46(43,44)21-10-6-5-7-11-21/h5-13,15,18-20H,14,16-17H2,1-4H3,(H,35,41)(H,36,37,38)/t19-,20+/m0/s1. The maximum absolute atomic E-state index is 14.4. The Kier molecular flexibility index (Phi) is 8.73. The summed E-state index contributed by atoms with van der Waals surface area (Å²) in [6.07, 6.45) is -3.53. The molecule has 1 aliphatic heterocycles. The molecular weight excluding hydrogens is 625 g/mol. The lowest BCUT2D eigenvalue weighted by Crippen LogP contribution is -2.53. The number of hydrogen-bond acceptors (Lipinski definition) is 8. The highest BCUT2D eigenvalue weighted by Gasteiger charge is 2.38. The summed E-state index contributed by atoms with van der Waals surface area (Å²) in [5.41, 5.74) is -2.41. The maximum Gasteiger partial charge on any atom is 0.419 e. The van der Waals surface area contributed by atoms with Gasteiger partial charge in [-0.25, -0.2) is 27.2 Å². The van der Waals surface area contributed by atoms with Crippen molar-refractivity contribution in [3.63, 3.8) is 0 Å². The third-order valence-electron chi connectivity index (χ3n) is 7.38. The van der Waals surface area contributed by atoms with Crippen LogP contribution in [0.5, 0.6) is 0 Å². The molecule has 0 aliphatic carbocycles. The van der Waals surface area contributed by atoms with Crippen LogP contribution in [0.25, 0.3) is 22.2 Å². The largest absolute Gasteiger partial charge is 0.444 e. The smallest absolute Gasteiger partial charge is 0.419 e. The van der Waals surface area contributed by atoms with Crippen molar-refractivity contribution in [2.24, 2.45) is 5.92 Å². The number of aromatic nitrogens is 3. The molecule has 2 N–H and O–H groups in total. The lowest BCUT2D eigenvalue weighted by Gasteiger charge is -2.38. The first kappa shape index (κ1) is 32.7. The number of ether oxygens (including phenoxy) is 1. The molecule has 2 aromatic carbocycles. The van der Waals surface area contributed by atoms with E-state index in [9.17, 15) is 31.2 Å². The number of benzene rings is 2. The number of anilines is 1. The van der Waals surface area contributed by atoms with Crippen molar-refractivity contribution in [2.45, 2.75) is 49.9 Å². The van der Waals surface area contributed by atoms with Gasteiger partial charge in [-0.05, 0) is 45.4 Å². The van der Waals surface area contributed by atoms with Gasteiger partial charge in [0.25, 0.3) is 10.0 Å². The van der Waals surface area contributed by atoms with Gasteiger partial charge in [-0.1, -0.05) is 36.4 Å². The van der Waals surface area contributed by atoms with Crippen LogP contribution in [0, 0.1) is 5.92 Å². The predicted molar refractivity (Wildman–Crippen MR) is 164 cm³/mol. The van der Waals surface area contributed by atoms with Gasteiger partial charge >= 0.3 is 12.3 Å². The van der Waals surface area contributed by atoms with Gasteiger partial charge in [-0.15, -0.1) is 0 Å². The first-order valence-corrected chi connectivity index (χ1v) is 15.8. The lowest BCUT2D eigenvalue weighted by molar-refractivity contribution is -0.137. The second-order valence-electron chi connectivity index (χ2n) is 11.9. The van der Waals surface area contributed by atoms with Crippen molar-refractivity contribution < 1.29 is 35.9 Å². The van der Waals surface area contributed by atoms with E-state index in [1.54, 1.807) is 51.1 Å². The fraction of sp³-hybridized carbons (Fsp3) is 0.355. The number of fused-ring (bicyclic) bond motifs is 1. The molecule has 0 unspecified atom stereocenters. The lowest BCUT2D eigenvalue weighted by atomic mass is 9.93. The van der Waals surface area contributed by atoms with Crippen LogP contribution in [-0.2, 0) is 25.7 Å². The Balaban J connectivity index is 1.57. The molecule has 1 saturated heterocycles. The first-order chi connectivity index (χ1) is 21.6. The first-order valence-electron chi connectivity index (χ1n) is 14.4. The van der Waals surface area contributed by atoms with E-state index in [-0.39, 0.29) is 52.7 Å². The number of nitrogens with one attached hydrogen (secondary N) is 2. The molecule has 5 rings (SSSR count). The summed E-state index contributed by atoms with van der Waals surface area (Å²) in [4.78, 5) is 35.0. The average molecular weight is 659 g/mol. The summed E-state index contributed by atoms with van der Waals surface area (Å²) in [7, 11) is -2.72.